The molecule has 0 radical (unpaired) electrons. The van der Waals surface area contributed by atoms with Gasteiger partial charge in [0.25, 0.3) is 5.91 Å². The SMILES string of the molecule is C[C@@H]1OCCCCCCC[C@H](C(=O)C(=O)NC2CC2)NC(=O)[C@@H]2[C@@H]3[C@H](CN2C(=O)[C@H]1NC(=O)N[C@H](CN1C(=O)CN(C)CC1=O)C(C)(C)C)C3(C)C. The van der Waals surface area contributed by atoms with Crippen molar-refractivity contribution in [3.63, 3.8) is 0 Å². The second-order valence-corrected chi connectivity index (χ2v) is 17.3. The van der Waals surface area contributed by atoms with E-state index < -0.39 is 65.2 Å². The van der Waals surface area contributed by atoms with Crippen LogP contribution in [0.1, 0.15) is 92.9 Å². The highest BCUT2D eigenvalue weighted by Gasteiger charge is 2.69. The van der Waals surface area contributed by atoms with Crippen LogP contribution in [-0.4, -0.2) is 132 Å². The molecule has 4 N–H and O–H groups in total. The number of fused-ring (bicyclic) bond motifs is 3. The number of carbonyl (C=O) groups is 7. The third-order valence-electron chi connectivity index (χ3n) is 11.7. The Bertz CT molecular complexity index is 1410. The van der Waals surface area contributed by atoms with Crippen molar-refractivity contribution < 1.29 is 38.3 Å². The predicted octanol–water partition coefficient (Wildman–Crippen LogP) is 0.944. The van der Waals surface area contributed by atoms with Crippen LogP contribution in [0.3, 0.4) is 0 Å². The van der Waals surface area contributed by atoms with E-state index in [2.05, 4.69) is 35.1 Å². The molecule has 3 saturated heterocycles. The summed E-state index contributed by atoms with van der Waals surface area (Å²) in [7, 11) is 1.70. The number of ether oxygens (including phenoxy) is 1. The van der Waals surface area contributed by atoms with E-state index in [0.29, 0.717) is 26.0 Å². The summed E-state index contributed by atoms with van der Waals surface area (Å²) in [5.74, 6) is -3.16. The van der Waals surface area contributed by atoms with Gasteiger partial charge in [0.05, 0.1) is 31.3 Å². The minimum atomic E-state index is -1.17. The van der Waals surface area contributed by atoms with E-state index in [1.54, 1.807) is 18.9 Å². The smallest absolute Gasteiger partial charge is 0.315 e. The lowest BCUT2D eigenvalue weighted by Crippen LogP contribution is -2.63. The number of likely N-dealkylation sites (N-methyl/N-ethyl adjacent to an activating group) is 1. The Hall–Kier alpha value is -3.59. The van der Waals surface area contributed by atoms with E-state index in [1.807, 2.05) is 20.8 Å². The van der Waals surface area contributed by atoms with Gasteiger partial charge in [-0.25, -0.2) is 4.79 Å². The molecule has 7 amide bonds. The summed E-state index contributed by atoms with van der Waals surface area (Å²) in [6.07, 6.45) is 5.13. The maximum Gasteiger partial charge on any atom is 0.315 e. The van der Waals surface area contributed by atoms with Crippen LogP contribution in [-0.2, 0) is 33.5 Å². The fraction of sp³-hybridized carbons (Fsp3) is 0.811. The molecule has 3 aliphatic heterocycles. The summed E-state index contributed by atoms with van der Waals surface area (Å²) in [6.45, 7) is 12.3. The molecule has 0 aromatic heterocycles. The Morgan fingerprint density at radius 2 is 1.58 bits per heavy atom. The summed E-state index contributed by atoms with van der Waals surface area (Å²) in [5, 5.41) is 11.4. The van der Waals surface area contributed by atoms with Gasteiger partial charge in [-0.3, -0.25) is 38.6 Å². The zero-order valence-corrected chi connectivity index (χ0v) is 31.9. The van der Waals surface area contributed by atoms with Crippen LogP contribution in [0.25, 0.3) is 0 Å². The molecule has 0 aromatic rings. The molecule has 0 unspecified atom stereocenters. The number of ketones is 1. The average Bonchev–Trinajstić information content (AvgIpc) is 3.90. The van der Waals surface area contributed by atoms with Crippen molar-refractivity contribution in [2.75, 3.05) is 39.8 Å². The highest BCUT2D eigenvalue weighted by Crippen LogP contribution is 2.65. The van der Waals surface area contributed by atoms with Crippen LogP contribution < -0.4 is 21.3 Å². The zero-order valence-electron chi connectivity index (χ0n) is 31.9. The minimum absolute atomic E-state index is 0.00407. The number of hydrogen-bond donors (Lipinski definition) is 4. The quantitative estimate of drug-likeness (QED) is 0.219. The van der Waals surface area contributed by atoms with Gasteiger partial charge in [-0.1, -0.05) is 60.3 Å². The lowest BCUT2D eigenvalue weighted by molar-refractivity contribution is -0.151. The second-order valence-electron chi connectivity index (χ2n) is 17.3. The molecule has 5 fully saturated rings. The Labute approximate surface area is 307 Å². The summed E-state index contributed by atoms with van der Waals surface area (Å²) in [5.41, 5.74) is -0.786. The van der Waals surface area contributed by atoms with Crippen LogP contribution in [0.5, 0.6) is 0 Å². The second kappa shape index (κ2) is 15.8. The number of nitrogens with one attached hydrogen (secondary N) is 4. The number of piperidine rings is 1. The maximum atomic E-state index is 14.5. The van der Waals surface area contributed by atoms with E-state index >= 15 is 0 Å². The van der Waals surface area contributed by atoms with Gasteiger partial charge in [0.1, 0.15) is 12.1 Å². The number of hydrogen-bond acceptors (Lipinski definition) is 9. The van der Waals surface area contributed by atoms with Gasteiger partial charge < -0.3 is 30.9 Å². The zero-order chi connectivity index (χ0) is 38.1. The van der Waals surface area contributed by atoms with E-state index in [-0.39, 0.29) is 54.7 Å². The first-order valence-electron chi connectivity index (χ1n) is 19.1. The van der Waals surface area contributed by atoms with Crippen LogP contribution in [0, 0.1) is 22.7 Å². The third-order valence-corrected chi connectivity index (χ3v) is 11.7. The Morgan fingerprint density at radius 3 is 2.21 bits per heavy atom. The van der Waals surface area contributed by atoms with Gasteiger partial charge in [-0.15, -0.1) is 0 Å². The molecule has 290 valence electrons. The molecule has 0 spiro atoms. The van der Waals surface area contributed by atoms with Crippen LogP contribution in [0.4, 0.5) is 4.79 Å². The highest BCUT2D eigenvalue weighted by atomic mass is 16.5. The lowest BCUT2D eigenvalue weighted by atomic mass is 9.86. The molecule has 2 saturated carbocycles. The Morgan fingerprint density at radius 1 is 0.942 bits per heavy atom. The minimum Gasteiger partial charge on any atom is -0.376 e. The molecule has 0 bridgehead atoms. The van der Waals surface area contributed by atoms with Gasteiger partial charge in [-0.2, -0.15) is 0 Å². The number of urea groups is 1. The molecule has 15 nitrogen and oxygen atoms in total. The number of Topliss-reactive ketones (excluding diaryl/α,β-unsaturated/α-hetero) is 1. The summed E-state index contributed by atoms with van der Waals surface area (Å²) >= 11 is 0. The first-order valence-corrected chi connectivity index (χ1v) is 19.1. The molecule has 7 atom stereocenters. The van der Waals surface area contributed by atoms with Crippen molar-refractivity contribution in [1.29, 1.82) is 0 Å². The maximum absolute atomic E-state index is 14.5. The van der Waals surface area contributed by atoms with Crippen molar-refractivity contribution in [3.8, 4) is 0 Å². The molecular weight excluding hydrogens is 670 g/mol. The third kappa shape index (κ3) is 9.12. The largest absolute Gasteiger partial charge is 0.376 e. The summed E-state index contributed by atoms with van der Waals surface area (Å²) in [4.78, 5) is 98.5. The number of nitrogens with zero attached hydrogens (tertiary/aromatic N) is 3. The fourth-order valence-corrected chi connectivity index (χ4v) is 7.98. The van der Waals surface area contributed by atoms with Crippen LogP contribution in [0.2, 0.25) is 0 Å². The van der Waals surface area contributed by atoms with Gasteiger partial charge in [-0.05, 0) is 62.3 Å². The van der Waals surface area contributed by atoms with Gasteiger partial charge in [0.2, 0.25) is 29.4 Å². The monoisotopic (exact) mass is 729 g/mol. The molecule has 0 aromatic carbocycles. The van der Waals surface area contributed by atoms with Gasteiger partial charge >= 0.3 is 6.03 Å². The first-order chi connectivity index (χ1) is 24.4. The molecular formula is C37H59N7O8. The standard InChI is InChI=1S/C37H59N7O8/c1-21-29(41-35(51)40-25(36(2,3)4)18-43-26(45)19-42(7)20-27(43)46)34(50)44-17-23-28(37(23,5)6)30(44)32(48)39-24(13-11-9-8-10-12-16-52-21)31(47)33(49)38-22-14-15-22/h21-25,28-30H,8-20H2,1-7H3,(H,38,49)(H,39,48)(H2,40,41,51)/t21-,23-,24+,25+,28-,29-,30-/m0/s1. The molecule has 3 heterocycles. The topological polar surface area (TPSA) is 187 Å². The van der Waals surface area contributed by atoms with E-state index in [4.69, 9.17) is 4.74 Å². The predicted molar refractivity (Wildman–Crippen MR) is 190 cm³/mol. The van der Waals surface area contributed by atoms with Crippen molar-refractivity contribution in [2.45, 2.75) is 129 Å². The molecule has 5 aliphatic rings. The number of rotatable bonds is 7. The molecule has 2 aliphatic carbocycles. The molecule has 52 heavy (non-hydrogen) atoms. The fourth-order valence-electron chi connectivity index (χ4n) is 7.98. The molecule has 15 heteroatoms. The van der Waals surface area contributed by atoms with Crippen molar-refractivity contribution in [2.24, 2.45) is 22.7 Å². The normalized spacial score (nSPS) is 31.2. The van der Waals surface area contributed by atoms with Crippen LogP contribution in [0.15, 0.2) is 0 Å². The molecule has 5 rings (SSSR count). The number of amides is 7. The number of carbonyl (C=O) groups excluding carboxylic acids is 7. The van der Waals surface area contributed by atoms with E-state index in [0.717, 1.165) is 38.5 Å². The highest BCUT2D eigenvalue weighted by molar-refractivity contribution is 6.38. The summed E-state index contributed by atoms with van der Waals surface area (Å²) in [6, 6.07) is -4.40. The van der Waals surface area contributed by atoms with Gasteiger partial charge in [0.15, 0.2) is 0 Å². The number of piperazine rings is 1. The van der Waals surface area contributed by atoms with E-state index in [9.17, 15) is 33.6 Å². The first kappa shape index (κ1) is 39.6. The average molecular weight is 730 g/mol. The van der Waals surface area contributed by atoms with Crippen molar-refractivity contribution in [1.82, 2.24) is 36.0 Å². The number of imide groups is 1. The summed E-state index contributed by atoms with van der Waals surface area (Å²) < 4.78 is 6.14. The van der Waals surface area contributed by atoms with Crippen molar-refractivity contribution in [3.05, 3.63) is 0 Å². The Balaban J connectivity index is 1.36. The van der Waals surface area contributed by atoms with Crippen molar-refractivity contribution >= 4 is 41.4 Å². The Kier molecular flexibility index (Phi) is 12.0. The van der Waals surface area contributed by atoms with E-state index in [1.165, 1.54) is 9.80 Å². The lowest BCUT2D eigenvalue weighted by Gasteiger charge is -2.38. The van der Waals surface area contributed by atoms with Crippen LogP contribution >= 0.6 is 0 Å². The van der Waals surface area contributed by atoms with Gasteiger partial charge in [0, 0.05) is 25.7 Å².